The molecule has 4 nitrogen and oxygen atoms in total. The minimum absolute atomic E-state index is 0. The van der Waals surface area contributed by atoms with Crippen molar-refractivity contribution in [2.75, 3.05) is 0 Å². The van der Waals surface area contributed by atoms with E-state index in [1.54, 1.807) is 18.2 Å². The van der Waals surface area contributed by atoms with Crippen LogP contribution in [0.3, 0.4) is 0 Å². The third-order valence-electron chi connectivity index (χ3n) is 3.39. The lowest BCUT2D eigenvalue weighted by molar-refractivity contribution is -0.0658. The maximum Gasteiger partial charge on any atom is 0.131 e. The van der Waals surface area contributed by atoms with Crippen LogP contribution in [0, 0.1) is 11.3 Å². The van der Waals surface area contributed by atoms with Gasteiger partial charge in [-0.3, -0.25) is 0 Å². The predicted octanol–water partition coefficient (Wildman–Crippen LogP) is 2.55. The van der Waals surface area contributed by atoms with Crippen molar-refractivity contribution in [3.8, 4) is 11.8 Å². The molecule has 0 spiro atoms. The molecule has 0 bridgehead atoms. The van der Waals surface area contributed by atoms with E-state index in [1.165, 1.54) is 0 Å². The molecule has 1 aromatic carbocycles. The topological polar surface area (TPSA) is 65.3 Å². The van der Waals surface area contributed by atoms with Gasteiger partial charge in [-0.1, -0.05) is 13.8 Å². The van der Waals surface area contributed by atoms with E-state index in [2.05, 4.69) is 11.4 Å². The molecule has 110 valence electrons. The van der Waals surface area contributed by atoms with Gasteiger partial charge in [-0.15, -0.1) is 12.4 Å². The molecule has 5 heteroatoms. The normalized spacial score (nSPS) is 23.2. The number of nitrogens with zero attached hydrogens (tertiary/aromatic N) is 1. The Bertz CT molecular complexity index is 523. The largest absolute Gasteiger partial charge is 0.485 e. The van der Waals surface area contributed by atoms with Gasteiger partial charge in [-0.2, -0.15) is 5.26 Å². The van der Waals surface area contributed by atoms with Crippen LogP contribution in [0.25, 0.3) is 0 Å². The first-order valence-electron chi connectivity index (χ1n) is 6.52. The molecule has 1 heterocycles. The summed E-state index contributed by atoms with van der Waals surface area (Å²) in [5, 5.41) is 22.8. The van der Waals surface area contributed by atoms with Crippen LogP contribution in [0.1, 0.15) is 44.9 Å². The van der Waals surface area contributed by atoms with Crippen molar-refractivity contribution in [1.29, 1.82) is 5.26 Å². The molecular formula is C15H21ClN2O2. The van der Waals surface area contributed by atoms with Gasteiger partial charge in [0.2, 0.25) is 0 Å². The summed E-state index contributed by atoms with van der Waals surface area (Å²) in [7, 11) is 0. The molecule has 2 N–H and O–H groups in total. The maximum atomic E-state index is 10.5. The molecule has 1 aliphatic rings. The number of benzene rings is 1. The Morgan fingerprint density at radius 3 is 2.60 bits per heavy atom. The molecule has 0 saturated heterocycles. The number of hydrogen-bond acceptors (Lipinski definition) is 4. The summed E-state index contributed by atoms with van der Waals surface area (Å²) >= 11 is 0. The minimum Gasteiger partial charge on any atom is -0.485 e. The zero-order valence-corrected chi connectivity index (χ0v) is 13.0. The van der Waals surface area contributed by atoms with E-state index in [1.807, 2.05) is 27.7 Å². The van der Waals surface area contributed by atoms with Crippen LogP contribution >= 0.6 is 12.4 Å². The Kier molecular flexibility index (Phi) is 5.04. The van der Waals surface area contributed by atoms with Crippen LogP contribution in [0.4, 0.5) is 0 Å². The van der Waals surface area contributed by atoms with Crippen LogP contribution in [0.2, 0.25) is 0 Å². The number of hydrogen-bond donors (Lipinski definition) is 2. The summed E-state index contributed by atoms with van der Waals surface area (Å²) in [5.41, 5.74) is 0.762. The molecule has 2 rings (SSSR count). The van der Waals surface area contributed by atoms with Crippen LogP contribution in [-0.4, -0.2) is 22.9 Å². The fourth-order valence-corrected chi connectivity index (χ4v) is 2.41. The number of aliphatic hydroxyl groups is 1. The first kappa shape index (κ1) is 16.8. The Labute approximate surface area is 126 Å². The third-order valence-corrected chi connectivity index (χ3v) is 3.39. The monoisotopic (exact) mass is 296 g/mol. The van der Waals surface area contributed by atoms with Crippen molar-refractivity contribution in [3.63, 3.8) is 0 Å². The SMILES string of the molecule is CC(C)N[C@H]1c2cc(C#N)ccc2OC(C)(C)[C@@H]1O.Cl. The van der Waals surface area contributed by atoms with Gasteiger partial charge in [0.15, 0.2) is 0 Å². The Morgan fingerprint density at radius 2 is 2.05 bits per heavy atom. The number of ether oxygens (including phenoxy) is 1. The Morgan fingerprint density at radius 1 is 1.40 bits per heavy atom. The third kappa shape index (κ3) is 3.06. The van der Waals surface area contributed by atoms with Gasteiger partial charge in [-0.25, -0.2) is 0 Å². The highest BCUT2D eigenvalue weighted by atomic mass is 35.5. The Hall–Kier alpha value is -1.28. The molecule has 1 aliphatic heterocycles. The van der Waals surface area contributed by atoms with Crippen LogP contribution in [0.5, 0.6) is 5.75 Å². The highest BCUT2D eigenvalue weighted by Gasteiger charge is 2.42. The van der Waals surface area contributed by atoms with E-state index in [9.17, 15) is 5.11 Å². The highest BCUT2D eigenvalue weighted by Crippen LogP contribution is 2.40. The summed E-state index contributed by atoms with van der Waals surface area (Å²) in [6.45, 7) is 7.80. The first-order chi connectivity index (χ1) is 8.85. The molecule has 0 aliphatic carbocycles. The highest BCUT2D eigenvalue weighted by molar-refractivity contribution is 5.85. The summed E-state index contributed by atoms with van der Waals surface area (Å²) in [6, 6.07) is 7.44. The molecular weight excluding hydrogens is 276 g/mol. The van der Waals surface area contributed by atoms with Gasteiger partial charge in [0, 0.05) is 11.6 Å². The smallest absolute Gasteiger partial charge is 0.131 e. The standard InChI is InChI=1S/C15H20N2O2.ClH/c1-9(2)17-13-11-7-10(8-16)5-6-12(11)19-15(3,4)14(13)18;/h5-7,9,13-14,17-18H,1-4H3;1H/t13-,14+;/m0./s1. The summed E-state index contributed by atoms with van der Waals surface area (Å²) < 4.78 is 5.84. The van der Waals surface area contributed by atoms with Crippen molar-refractivity contribution >= 4 is 12.4 Å². The lowest BCUT2D eigenvalue weighted by Crippen LogP contribution is -2.53. The predicted molar refractivity (Wildman–Crippen MR) is 80.1 cm³/mol. The summed E-state index contributed by atoms with van der Waals surface area (Å²) in [5.74, 6) is 0.729. The van der Waals surface area contributed by atoms with E-state index in [0.29, 0.717) is 5.56 Å². The van der Waals surface area contributed by atoms with E-state index in [4.69, 9.17) is 10.00 Å². The lowest BCUT2D eigenvalue weighted by atomic mass is 9.85. The molecule has 2 atom stereocenters. The zero-order chi connectivity index (χ0) is 14.2. The van der Waals surface area contributed by atoms with Gasteiger partial charge < -0.3 is 15.2 Å². The second kappa shape index (κ2) is 6.01. The number of nitriles is 1. The fourth-order valence-electron chi connectivity index (χ4n) is 2.41. The zero-order valence-electron chi connectivity index (χ0n) is 12.2. The molecule has 1 aromatic rings. The van der Waals surface area contributed by atoms with Crippen molar-refractivity contribution in [3.05, 3.63) is 29.3 Å². The molecule has 0 amide bonds. The number of nitrogens with one attached hydrogen (secondary N) is 1. The number of aliphatic hydroxyl groups excluding tert-OH is 1. The van der Waals surface area contributed by atoms with Crippen LogP contribution in [-0.2, 0) is 0 Å². The van der Waals surface area contributed by atoms with Gasteiger partial charge in [0.1, 0.15) is 17.5 Å². The number of rotatable bonds is 2. The number of fused-ring (bicyclic) bond motifs is 1. The van der Waals surface area contributed by atoms with Gasteiger partial charge in [0.25, 0.3) is 0 Å². The van der Waals surface area contributed by atoms with Crippen LogP contribution < -0.4 is 10.1 Å². The lowest BCUT2D eigenvalue weighted by Gasteiger charge is -2.43. The first-order valence-corrected chi connectivity index (χ1v) is 6.52. The molecule has 0 radical (unpaired) electrons. The van der Waals surface area contributed by atoms with Crippen LogP contribution in [0.15, 0.2) is 18.2 Å². The van der Waals surface area contributed by atoms with Crippen molar-refractivity contribution in [2.24, 2.45) is 0 Å². The van der Waals surface area contributed by atoms with Crippen molar-refractivity contribution < 1.29 is 9.84 Å². The molecule has 0 fully saturated rings. The number of halogens is 1. The Balaban J connectivity index is 0.00000200. The summed E-state index contributed by atoms with van der Waals surface area (Å²) in [6.07, 6.45) is -0.670. The fraction of sp³-hybridized carbons (Fsp3) is 0.533. The minimum atomic E-state index is -0.670. The molecule has 0 saturated carbocycles. The van der Waals surface area contributed by atoms with E-state index < -0.39 is 11.7 Å². The second-order valence-electron chi connectivity index (χ2n) is 5.81. The summed E-state index contributed by atoms with van der Waals surface area (Å²) in [4.78, 5) is 0. The van der Waals surface area contributed by atoms with E-state index in [0.717, 1.165) is 11.3 Å². The van der Waals surface area contributed by atoms with E-state index in [-0.39, 0.29) is 24.5 Å². The van der Waals surface area contributed by atoms with E-state index >= 15 is 0 Å². The second-order valence-corrected chi connectivity index (χ2v) is 5.81. The van der Waals surface area contributed by atoms with Crippen molar-refractivity contribution in [2.45, 2.75) is 51.5 Å². The van der Waals surface area contributed by atoms with Crippen molar-refractivity contribution in [1.82, 2.24) is 5.32 Å². The van der Waals surface area contributed by atoms with Gasteiger partial charge in [0.05, 0.1) is 17.7 Å². The maximum absolute atomic E-state index is 10.5. The molecule has 0 aromatic heterocycles. The quantitative estimate of drug-likeness (QED) is 0.880. The molecule has 20 heavy (non-hydrogen) atoms. The van der Waals surface area contributed by atoms with Gasteiger partial charge >= 0.3 is 0 Å². The van der Waals surface area contributed by atoms with Gasteiger partial charge in [-0.05, 0) is 32.0 Å². The molecule has 0 unspecified atom stereocenters. The average molecular weight is 297 g/mol. The average Bonchev–Trinajstić information content (AvgIpc) is 2.34.